The molecule has 1 aliphatic rings. The van der Waals surface area contributed by atoms with Crippen molar-refractivity contribution in [2.24, 2.45) is 7.05 Å². The molecule has 4 heterocycles. The summed E-state index contributed by atoms with van der Waals surface area (Å²) >= 11 is 1.69. The Morgan fingerprint density at radius 3 is 2.50 bits per heavy atom. The van der Waals surface area contributed by atoms with Gasteiger partial charge in [0.05, 0.1) is 12.2 Å². The molecule has 1 aliphatic heterocycles. The molecule has 0 saturated heterocycles. The van der Waals surface area contributed by atoms with Gasteiger partial charge in [-0.05, 0) is 40.8 Å². The van der Waals surface area contributed by atoms with E-state index in [4.69, 9.17) is 0 Å². The van der Waals surface area contributed by atoms with Crippen LogP contribution in [0.15, 0.2) is 78.2 Å². The van der Waals surface area contributed by atoms with Crippen LogP contribution in [-0.2, 0) is 20.1 Å². The topological polar surface area (TPSA) is 68.8 Å². The molecule has 6 rings (SSSR count). The summed E-state index contributed by atoms with van der Waals surface area (Å²) in [5.41, 5.74) is 4.71. The summed E-state index contributed by atoms with van der Waals surface area (Å²) in [6, 6.07) is 24.1. The van der Waals surface area contributed by atoms with Gasteiger partial charge in [-0.3, -0.25) is 9.48 Å². The summed E-state index contributed by atoms with van der Waals surface area (Å²) in [5.74, 6) is 1.52. The first-order valence-corrected chi connectivity index (χ1v) is 12.0. The minimum absolute atomic E-state index is 0.0118. The second-order valence-electron chi connectivity index (χ2n) is 8.28. The predicted molar refractivity (Wildman–Crippen MR) is 132 cm³/mol. The number of hydrogen-bond donors (Lipinski definition) is 0. The lowest BCUT2D eigenvalue weighted by atomic mass is 10.1. The Bertz CT molecular complexity index is 1450. The summed E-state index contributed by atoms with van der Waals surface area (Å²) in [6.07, 6.45) is 0. The Kier molecular flexibility index (Phi) is 5.07. The third-order valence-electron chi connectivity index (χ3n) is 6.16. The molecule has 0 radical (unpaired) electrons. The monoisotopic (exact) mass is 466 g/mol. The molecule has 0 bridgehead atoms. The number of aryl methyl sites for hydroxylation is 1. The fourth-order valence-corrected chi connectivity index (χ4v) is 5.11. The van der Waals surface area contributed by atoms with Gasteiger partial charge in [0, 0.05) is 30.6 Å². The zero-order valence-electron chi connectivity index (χ0n) is 18.6. The van der Waals surface area contributed by atoms with Crippen molar-refractivity contribution in [3.8, 4) is 33.2 Å². The van der Waals surface area contributed by atoms with Gasteiger partial charge in [-0.2, -0.15) is 5.10 Å². The van der Waals surface area contributed by atoms with Crippen LogP contribution in [0.4, 0.5) is 0 Å². The van der Waals surface area contributed by atoms with E-state index in [-0.39, 0.29) is 5.91 Å². The number of carbonyl (C=O) groups excluding carboxylic acids is 1. The van der Waals surface area contributed by atoms with E-state index in [1.807, 2.05) is 71.2 Å². The second-order valence-corrected chi connectivity index (χ2v) is 9.22. The Morgan fingerprint density at radius 2 is 1.74 bits per heavy atom. The molecule has 5 aromatic rings. The quantitative estimate of drug-likeness (QED) is 0.384. The summed E-state index contributed by atoms with van der Waals surface area (Å²) < 4.78 is 3.94. The van der Waals surface area contributed by atoms with Crippen molar-refractivity contribution in [1.29, 1.82) is 0 Å². The highest BCUT2D eigenvalue weighted by Gasteiger charge is 2.27. The van der Waals surface area contributed by atoms with Crippen molar-refractivity contribution in [3.05, 3.63) is 89.6 Å². The standard InChI is InChI=1S/C26H22N6OS/c1-30-22(18-6-3-2-4-7-18)16-21(29-30)25-28-27-24-17-31(13-14-32(24)25)26(33)20-11-9-19(10-12-20)23-8-5-15-34-23/h2-12,15-16H,13-14,17H2,1H3. The molecular weight excluding hydrogens is 444 g/mol. The molecular formula is C26H22N6OS. The van der Waals surface area contributed by atoms with Crippen LogP contribution in [0.25, 0.3) is 33.2 Å². The number of fused-ring (bicyclic) bond motifs is 1. The fourth-order valence-electron chi connectivity index (χ4n) is 4.38. The number of nitrogens with zero attached hydrogens (tertiary/aromatic N) is 6. The van der Waals surface area contributed by atoms with Crippen molar-refractivity contribution < 1.29 is 4.79 Å². The highest BCUT2D eigenvalue weighted by molar-refractivity contribution is 7.13. The molecule has 0 unspecified atom stereocenters. The van der Waals surface area contributed by atoms with Gasteiger partial charge in [0.2, 0.25) is 0 Å². The molecule has 34 heavy (non-hydrogen) atoms. The molecule has 168 valence electrons. The van der Waals surface area contributed by atoms with Gasteiger partial charge in [-0.1, -0.05) is 48.5 Å². The van der Waals surface area contributed by atoms with Gasteiger partial charge in [0.15, 0.2) is 11.6 Å². The Hall–Kier alpha value is -4.04. The normalized spacial score (nSPS) is 13.1. The zero-order chi connectivity index (χ0) is 23.1. The van der Waals surface area contributed by atoms with Crippen LogP contribution in [0, 0.1) is 0 Å². The van der Waals surface area contributed by atoms with Gasteiger partial charge in [0.1, 0.15) is 5.69 Å². The highest BCUT2D eigenvalue weighted by atomic mass is 32.1. The minimum atomic E-state index is 0.0118. The van der Waals surface area contributed by atoms with Crippen molar-refractivity contribution in [2.75, 3.05) is 6.54 Å². The molecule has 0 fully saturated rings. The molecule has 7 nitrogen and oxygen atoms in total. The van der Waals surface area contributed by atoms with Crippen LogP contribution in [0.1, 0.15) is 16.2 Å². The lowest BCUT2D eigenvalue weighted by Gasteiger charge is -2.27. The maximum atomic E-state index is 13.1. The van der Waals surface area contributed by atoms with E-state index >= 15 is 0 Å². The average Bonchev–Trinajstić information content (AvgIpc) is 3.64. The second kappa shape index (κ2) is 8.39. The van der Waals surface area contributed by atoms with Crippen molar-refractivity contribution >= 4 is 17.2 Å². The summed E-state index contributed by atoms with van der Waals surface area (Å²) in [4.78, 5) is 16.2. The molecule has 1 amide bonds. The van der Waals surface area contributed by atoms with Gasteiger partial charge < -0.3 is 9.47 Å². The van der Waals surface area contributed by atoms with Gasteiger partial charge in [0.25, 0.3) is 5.91 Å². The van der Waals surface area contributed by atoms with E-state index in [0.29, 0.717) is 25.2 Å². The highest BCUT2D eigenvalue weighted by Crippen LogP contribution is 2.28. The molecule has 8 heteroatoms. The maximum absolute atomic E-state index is 13.1. The van der Waals surface area contributed by atoms with Crippen LogP contribution in [-0.4, -0.2) is 41.9 Å². The summed E-state index contributed by atoms with van der Waals surface area (Å²) in [6.45, 7) is 1.66. The number of aromatic nitrogens is 5. The van der Waals surface area contributed by atoms with Gasteiger partial charge in [-0.25, -0.2) is 0 Å². The lowest BCUT2D eigenvalue weighted by Crippen LogP contribution is -2.38. The molecule has 0 atom stereocenters. The van der Waals surface area contributed by atoms with Crippen LogP contribution < -0.4 is 0 Å². The average molecular weight is 467 g/mol. The van der Waals surface area contributed by atoms with E-state index in [2.05, 4.69) is 43.4 Å². The summed E-state index contributed by atoms with van der Waals surface area (Å²) in [7, 11) is 1.93. The number of carbonyl (C=O) groups is 1. The number of thiophene rings is 1. The Balaban J connectivity index is 1.22. The van der Waals surface area contributed by atoms with Crippen molar-refractivity contribution in [2.45, 2.75) is 13.1 Å². The lowest BCUT2D eigenvalue weighted by molar-refractivity contribution is 0.0708. The minimum Gasteiger partial charge on any atom is -0.329 e. The predicted octanol–water partition coefficient (Wildman–Crippen LogP) is 4.73. The van der Waals surface area contributed by atoms with Crippen molar-refractivity contribution in [1.82, 2.24) is 29.4 Å². The third-order valence-corrected chi connectivity index (χ3v) is 7.08. The first-order valence-electron chi connectivity index (χ1n) is 11.1. The number of rotatable bonds is 4. The van der Waals surface area contributed by atoms with Crippen LogP contribution >= 0.6 is 11.3 Å². The smallest absolute Gasteiger partial charge is 0.254 e. The number of hydrogen-bond acceptors (Lipinski definition) is 5. The number of benzene rings is 2. The molecule has 3 aromatic heterocycles. The molecule has 2 aromatic carbocycles. The summed E-state index contributed by atoms with van der Waals surface area (Å²) in [5, 5.41) is 15.6. The van der Waals surface area contributed by atoms with E-state index < -0.39 is 0 Å². The Labute approximate surface area is 200 Å². The van der Waals surface area contributed by atoms with E-state index in [1.165, 1.54) is 4.88 Å². The van der Waals surface area contributed by atoms with Crippen LogP contribution in [0.5, 0.6) is 0 Å². The zero-order valence-corrected chi connectivity index (χ0v) is 19.4. The van der Waals surface area contributed by atoms with Gasteiger partial charge in [-0.15, -0.1) is 21.5 Å². The molecule has 0 saturated carbocycles. The SMILES string of the molecule is Cn1nc(-c2nnc3n2CCN(C(=O)c2ccc(-c4cccs4)cc2)C3)cc1-c1ccccc1. The molecule has 0 spiro atoms. The fraction of sp³-hybridized carbons (Fsp3) is 0.154. The van der Waals surface area contributed by atoms with Gasteiger partial charge >= 0.3 is 0 Å². The largest absolute Gasteiger partial charge is 0.329 e. The van der Waals surface area contributed by atoms with Crippen molar-refractivity contribution in [3.63, 3.8) is 0 Å². The Morgan fingerprint density at radius 1 is 0.912 bits per heavy atom. The maximum Gasteiger partial charge on any atom is 0.254 e. The van der Waals surface area contributed by atoms with Crippen LogP contribution in [0.3, 0.4) is 0 Å². The van der Waals surface area contributed by atoms with Crippen LogP contribution in [0.2, 0.25) is 0 Å². The number of amides is 1. The van der Waals surface area contributed by atoms with E-state index in [9.17, 15) is 4.79 Å². The first kappa shape index (κ1) is 20.6. The van der Waals surface area contributed by atoms with E-state index in [1.54, 1.807) is 11.3 Å². The van der Waals surface area contributed by atoms with E-state index in [0.717, 1.165) is 34.2 Å². The molecule has 0 aliphatic carbocycles. The third kappa shape index (κ3) is 3.62. The molecule has 0 N–H and O–H groups in total. The first-order chi connectivity index (χ1) is 16.7.